The Hall–Kier alpha value is -2.29. The molecule has 0 saturated heterocycles. The number of aromatic nitrogens is 2. The number of rotatable bonds is 2. The first-order chi connectivity index (χ1) is 8.74. The summed E-state index contributed by atoms with van der Waals surface area (Å²) in [6.07, 6.45) is 1.98. The second-order valence-electron chi connectivity index (χ2n) is 4.53. The van der Waals surface area contributed by atoms with Crippen LogP contribution < -0.4 is 5.73 Å². The number of nitrogen functional groups attached to an aromatic ring is 1. The molecule has 3 rings (SSSR count). The second kappa shape index (κ2) is 4.18. The first-order valence-electron chi connectivity index (χ1n) is 6.00. The number of nitrogens with two attached hydrogens (primary N) is 1. The Morgan fingerprint density at radius 3 is 2.67 bits per heavy atom. The highest BCUT2D eigenvalue weighted by Crippen LogP contribution is 2.19. The smallest absolute Gasteiger partial charge is 0.148 e. The fourth-order valence-electron chi connectivity index (χ4n) is 2.22. The van der Waals surface area contributed by atoms with E-state index in [2.05, 4.69) is 47.6 Å². The van der Waals surface area contributed by atoms with E-state index in [1.54, 1.807) is 0 Å². The van der Waals surface area contributed by atoms with Crippen molar-refractivity contribution in [2.24, 2.45) is 0 Å². The summed E-state index contributed by atoms with van der Waals surface area (Å²) in [4.78, 5) is 0. The van der Waals surface area contributed by atoms with Crippen LogP contribution in [-0.2, 0) is 6.54 Å². The zero-order valence-electron chi connectivity index (χ0n) is 10.3. The number of nitrogens with zero attached hydrogens (tertiary/aromatic N) is 2. The molecule has 90 valence electrons. The largest absolute Gasteiger partial charge is 0.382 e. The van der Waals surface area contributed by atoms with E-state index in [1.165, 1.54) is 16.3 Å². The minimum Gasteiger partial charge on any atom is -0.382 e. The lowest BCUT2D eigenvalue weighted by atomic mass is 10.0. The Morgan fingerprint density at radius 2 is 1.89 bits per heavy atom. The van der Waals surface area contributed by atoms with E-state index in [-0.39, 0.29) is 0 Å². The summed E-state index contributed by atoms with van der Waals surface area (Å²) in [6, 6.07) is 14.7. The summed E-state index contributed by atoms with van der Waals surface area (Å²) in [5.74, 6) is 0.607. The molecule has 3 heteroatoms. The molecule has 2 aromatic carbocycles. The van der Waals surface area contributed by atoms with Crippen molar-refractivity contribution in [1.29, 1.82) is 0 Å². The van der Waals surface area contributed by atoms with Crippen molar-refractivity contribution in [2.75, 3.05) is 5.73 Å². The Bertz CT molecular complexity index is 673. The van der Waals surface area contributed by atoms with Gasteiger partial charge in [-0.1, -0.05) is 42.5 Å². The van der Waals surface area contributed by atoms with Crippen molar-refractivity contribution in [2.45, 2.75) is 13.5 Å². The quantitative estimate of drug-likeness (QED) is 0.744. The monoisotopic (exact) mass is 237 g/mol. The van der Waals surface area contributed by atoms with Crippen LogP contribution in [0.15, 0.2) is 48.7 Å². The van der Waals surface area contributed by atoms with E-state index in [9.17, 15) is 0 Å². The van der Waals surface area contributed by atoms with Crippen LogP contribution in [0.25, 0.3) is 10.8 Å². The van der Waals surface area contributed by atoms with Crippen molar-refractivity contribution >= 4 is 16.6 Å². The molecule has 2 N–H and O–H groups in total. The van der Waals surface area contributed by atoms with Crippen LogP contribution >= 0.6 is 0 Å². The second-order valence-corrected chi connectivity index (χ2v) is 4.53. The van der Waals surface area contributed by atoms with Gasteiger partial charge in [0.1, 0.15) is 5.82 Å². The number of anilines is 1. The van der Waals surface area contributed by atoms with Gasteiger partial charge in [0.2, 0.25) is 0 Å². The highest BCUT2D eigenvalue weighted by atomic mass is 15.3. The lowest BCUT2D eigenvalue weighted by Gasteiger charge is -2.06. The average molecular weight is 237 g/mol. The molecule has 0 aliphatic heterocycles. The van der Waals surface area contributed by atoms with E-state index in [0.29, 0.717) is 5.82 Å². The van der Waals surface area contributed by atoms with Gasteiger partial charge in [0.25, 0.3) is 0 Å². The zero-order chi connectivity index (χ0) is 12.5. The number of benzene rings is 2. The standard InChI is InChI=1S/C15H15N3/c1-11-9-18(17-15(11)16)10-13-7-4-6-12-5-2-3-8-14(12)13/h2-9H,10H2,1H3,(H2,16,17). The molecule has 0 saturated carbocycles. The SMILES string of the molecule is Cc1cn(Cc2cccc3ccccc23)nc1N. The van der Waals surface area contributed by atoms with E-state index < -0.39 is 0 Å². The van der Waals surface area contributed by atoms with Crippen molar-refractivity contribution in [3.63, 3.8) is 0 Å². The minimum atomic E-state index is 0.607. The van der Waals surface area contributed by atoms with Crippen LogP contribution in [0.5, 0.6) is 0 Å². The van der Waals surface area contributed by atoms with Crippen LogP contribution in [0.2, 0.25) is 0 Å². The third-order valence-corrected chi connectivity index (χ3v) is 3.20. The first-order valence-corrected chi connectivity index (χ1v) is 6.00. The molecule has 0 atom stereocenters. The molecular formula is C15H15N3. The van der Waals surface area contributed by atoms with Crippen molar-refractivity contribution in [3.05, 3.63) is 59.8 Å². The van der Waals surface area contributed by atoms with Gasteiger partial charge < -0.3 is 5.73 Å². The fraction of sp³-hybridized carbons (Fsp3) is 0.133. The van der Waals surface area contributed by atoms with Gasteiger partial charge in [0.15, 0.2) is 0 Å². The third kappa shape index (κ3) is 1.84. The molecule has 1 heterocycles. The van der Waals surface area contributed by atoms with Crippen molar-refractivity contribution in [1.82, 2.24) is 9.78 Å². The van der Waals surface area contributed by atoms with Crippen LogP contribution in [0.3, 0.4) is 0 Å². The van der Waals surface area contributed by atoms with Crippen LogP contribution in [0.4, 0.5) is 5.82 Å². The zero-order valence-corrected chi connectivity index (χ0v) is 10.3. The minimum absolute atomic E-state index is 0.607. The van der Waals surface area contributed by atoms with Gasteiger partial charge >= 0.3 is 0 Å². The summed E-state index contributed by atoms with van der Waals surface area (Å²) in [7, 11) is 0. The molecule has 0 bridgehead atoms. The van der Waals surface area contributed by atoms with E-state index >= 15 is 0 Å². The highest BCUT2D eigenvalue weighted by molar-refractivity contribution is 5.85. The maximum Gasteiger partial charge on any atom is 0.148 e. The molecule has 0 aliphatic rings. The molecule has 0 unspecified atom stereocenters. The lowest BCUT2D eigenvalue weighted by Crippen LogP contribution is -2.01. The molecule has 0 radical (unpaired) electrons. The van der Waals surface area contributed by atoms with Gasteiger partial charge in [-0.25, -0.2) is 0 Å². The van der Waals surface area contributed by atoms with Crippen LogP contribution in [0, 0.1) is 6.92 Å². The number of fused-ring (bicyclic) bond motifs is 1. The third-order valence-electron chi connectivity index (χ3n) is 3.20. The van der Waals surface area contributed by atoms with Gasteiger partial charge in [-0.3, -0.25) is 4.68 Å². The first kappa shape index (κ1) is 10.8. The lowest BCUT2D eigenvalue weighted by molar-refractivity contribution is 0.693. The summed E-state index contributed by atoms with van der Waals surface area (Å²) in [5, 5.41) is 6.83. The molecule has 0 spiro atoms. The van der Waals surface area contributed by atoms with Gasteiger partial charge in [0.05, 0.1) is 6.54 Å². The summed E-state index contributed by atoms with van der Waals surface area (Å²) in [6.45, 7) is 2.72. The van der Waals surface area contributed by atoms with E-state index in [4.69, 9.17) is 5.73 Å². The molecule has 3 nitrogen and oxygen atoms in total. The van der Waals surface area contributed by atoms with Gasteiger partial charge in [0, 0.05) is 11.8 Å². The van der Waals surface area contributed by atoms with Gasteiger partial charge in [-0.2, -0.15) is 5.10 Å². The van der Waals surface area contributed by atoms with E-state index in [0.717, 1.165) is 12.1 Å². The van der Waals surface area contributed by atoms with Crippen molar-refractivity contribution < 1.29 is 0 Å². The maximum atomic E-state index is 5.77. The maximum absolute atomic E-state index is 5.77. The molecule has 0 fully saturated rings. The topological polar surface area (TPSA) is 43.8 Å². The summed E-state index contributed by atoms with van der Waals surface area (Å²) >= 11 is 0. The van der Waals surface area contributed by atoms with Gasteiger partial charge in [-0.15, -0.1) is 0 Å². The molecule has 18 heavy (non-hydrogen) atoms. The highest BCUT2D eigenvalue weighted by Gasteiger charge is 2.04. The van der Waals surface area contributed by atoms with Crippen LogP contribution in [-0.4, -0.2) is 9.78 Å². The Morgan fingerprint density at radius 1 is 1.11 bits per heavy atom. The average Bonchev–Trinajstić information content (AvgIpc) is 2.69. The normalized spacial score (nSPS) is 10.9. The van der Waals surface area contributed by atoms with Crippen LogP contribution in [0.1, 0.15) is 11.1 Å². The fourth-order valence-corrected chi connectivity index (χ4v) is 2.22. The molecule has 0 aliphatic carbocycles. The predicted molar refractivity (Wildman–Crippen MR) is 74.4 cm³/mol. The Kier molecular flexibility index (Phi) is 2.52. The van der Waals surface area contributed by atoms with Gasteiger partial charge in [-0.05, 0) is 23.3 Å². The molecule has 1 aromatic heterocycles. The summed E-state index contributed by atoms with van der Waals surface area (Å²) in [5.41, 5.74) is 8.06. The molecule has 3 aromatic rings. The van der Waals surface area contributed by atoms with Crippen molar-refractivity contribution in [3.8, 4) is 0 Å². The Labute approximate surface area is 106 Å². The number of hydrogen-bond acceptors (Lipinski definition) is 2. The number of aryl methyl sites for hydroxylation is 1. The van der Waals surface area contributed by atoms with E-state index in [1.807, 2.05) is 17.8 Å². The molecular weight excluding hydrogens is 222 g/mol. The predicted octanol–water partition coefficient (Wildman–Crippen LogP) is 2.98. The summed E-state index contributed by atoms with van der Waals surface area (Å²) < 4.78 is 1.90. The molecule has 0 amide bonds. The Balaban J connectivity index is 2.04. The number of hydrogen-bond donors (Lipinski definition) is 1.